The average molecular weight is 282 g/mol. The van der Waals surface area contributed by atoms with Crippen LogP contribution in [0.25, 0.3) is 0 Å². The zero-order valence-corrected chi connectivity index (χ0v) is 12.5. The Balaban J connectivity index is 1.82. The summed E-state index contributed by atoms with van der Waals surface area (Å²) in [7, 11) is 0. The van der Waals surface area contributed by atoms with Crippen LogP contribution in [0.2, 0.25) is 0 Å². The highest BCUT2D eigenvalue weighted by molar-refractivity contribution is 5.61. The number of fused-ring (bicyclic) bond motifs is 1. The third-order valence-electron chi connectivity index (χ3n) is 4.01. The minimum absolute atomic E-state index is 0.661. The van der Waals surface area contributed by atoms with Gasteiger partial charge in [0, 0.05) is 36.6 Å². The zero-order valence-electron chi connectivity index (χ0n) is 12.5. The first-order valence-electron chi connectivity index (χ1n) is 7.61. The van der Waals surface area contributed by atoms with Gasteiger partial charge in [0.05, 0.1) is 6.61 Å². The summed E-state index contributed by atoms with van der Waals surface area (Å²) < 4.78 is 5.60. The lowest BCUT2D eigenvalue weighted by Crippen LogP contribution is -2.26. The first-order valence-corrected chi connectivity index (χ1v) is 7.61. The second-order valence-corrected chi connectivity index (χ2v) is 5.45. The topological polar surface area (TPSA) is 38.5 Å². The zero-order chi connectivity index (χ0) is 14.7. The first-order chi connectivity index (χ1) is 10.3. The highest BCUT2D eigenvalue weighted by Gasteiger charge is 2.15. The van der Waals surface area contributed by atoms with Crippen molar-refractivity contribution in [3.8, 4) is 5.75 Å². The molecule has 0 radical (unpaired) electrons. The Kier molecular flexibility index (Phi) is 4.00. The molecular formula is C18H22N2O. The number of rotatable bonds is 3. The molecule has 1 heterocycles. The van der Waals surface area contributed by atoms with Crippen molar-refractivity contribution in [3.05, 3.63) is 53.6 Å². The quantitative estimate of drug-likeness (QED) is 0.878. The molecule has 2 aromatic rings. The maximum Gasteiger partial charge on any atom is 0.123 e. The summed E-state index contributed by atoms with van der Waals surface area (Å²) in [4.78, 5) is 2.40. The van der Waals surface area contributed by atoms with E-state index >= 15 is 0 Å². The molecule has 0 unspecified atom stereocenters. The van der Waals surface area contributed by atoms with Crippen LogP contribution < -0.4 is 15.4 Å². The van der Waals surface area contributed by atoms with E-state index < -0.39 is 0 Å². The highest BCUT2D eigenvalue weighted by Crippen LogP contribution is 2.27. The second-order valence-electron chi connectivity index (χ2n) is 5.45. The number of ether oxygens (including phenoxy) is 1. The predicted octanol–water partition coefficient (Wildman–Crippen LogP) is 3.27. The molecule has 0 atom stereocenters. The predicted molar refractivity (Wildman–Crippen MR) is 88.1 cm³/mol. The van der Waals surface area contributed by atoms with Crippen molar-refractivity contribution < 1.29 is 4.74 Å². The molecule has 2 aromatic carbocycles. The van der Waals surface area contributed by atoms with E-state index in [9.17, 15) is 0 Å². The van der Waals surface area contributed by atoms with Gasteiger partial charge in [0.25, 0.3) is 0 Å². The van der Waals surface area contributed by atoms with Crippen LogP contribution >= 0.6 is 0 Å². The summed E-state index contributed by atoms with van der Waals surface area (Å²) in [5.41, 5.74) is 10.9. The minimum Gasteiger partial charge on any atom is -0.494 e. The Hall–Kier alpha value is -2.16. The van der Waals surface area contributed by atoms with Gasteiger partial charge in [-0.25, -0.2) is 0 Å². The van der Waals surface area contributed by atoms with Crippen molar-refractivity contribution in [1.82, 2.24) is 0 Å². The molecule has 0 amide bonds. The van der Waals surface area contributed by atoms with Gasteiger partial charge in [0.1, 0.15) is 5.75 Å². The molecule has 2 N–H and O–H groups in total. The lowest BCUT2D eigenvalue weighted by Gasteiger charge is -2.23. The number of hydrogen-bond donors (Lipinski definition) is 1. The van der Waals surface area contributed by atoms with Crippen LogP contribution in [0.5, 0.6) is 5.75 Å². The molecule has 21 heavy (non-hydrogen) atoms. The highest BCUT2D eigenvalue weighted by atomic mass is 16.5. The summed E-state index contributed by atoms with van der Waals surface area (Å²) in [5.74, 6) is 0.856. The van der Waals surface area contributed by atoms with E-state index in [0.29, 0.717) is 6.61 Å². The molecule has 3 nitrogen and oxygen atoms in total. The van der Waals surface area contributed by atoms with E-state index in [1.807, 2.05) is 19.1 Å². The van der Waals surface area contributed by atoms with Gasteiger partial charge in [-0.2, -0.15) is 0 Å². The van der Waals surface area contributed by atoms with Crippen LogP contribution in [0.1, 0.15) is 18.1 Å². The molecule has 0 bridgehead atoms. The number of nitrogens with two attached hydrogens (primary N) is 1. The van der Waals surface area contributed by atoms with Crippen molar-refractivity contribution >= 4 is 11.4 Å². The van der Waals surface area contributed by atoms with Crippen molar-refractivity contribution in [1.29, 1.82) is 0 Å². The lowest BCUT2D eigenvalue weighted by atomic mass is 10.0. The van der Waals surface area contributed by atoms with Gasteiger partial charge in [0.15, 0.2) is 0 Å². The molecule has 0 fully saturated rings. The number of hydrogen-bond acceptors (Lipinski definition) is 3. The fraction of sp³-hybridized carbons (Fsp3) is 0.333. The van der Waals surface area contributed by atoms with E-state index in [1.54, 1.807) is 0 Å². The van der Waals surface area contributed by atoms with Crippen LogP contribution in [0, 0.1) is 0 Å². The molecule has 0 saturated carbocycles. The Morgan fingerprint density at radius 1 is 1.05 bits per heavy atom. The molecule has 0 aliphatic carbocycles. The maximum absolute atomic E-state index is 6.01. The van der Waals surface area contributed by atoms with E-state index in [1.165, 1.54) is 11.1 Å². The lowest BCUT2D eigenvalue weighted by molar-refractivity contribution is 0.340. The van der Waals surface area contributed by atoms with Gasteiger partial charge in [-0.1, -0.05) is 24.3 Å². The number of nitrogen functional groups attached to an aromatic ring is 1. The maximum atomic E-state index is 6.01. The molecule has 3 heteroatoms. The standard InChI is InChI=1S/C18H22N2O/c1-2-21-18-12-16(19)11-17(13-18)20-9-7-14-5-3-4-6-15(14)8-10-20/h3-6,11-13H,2,7-10,19H2,1H3. The molecule has 1 aliphatic rings. The Labute approximate surface area is 126 Å². The molecule has 3 rings (SSSR count). The van der Waals surface area contributed by atoms with E-state index in [0.717, 1.165) is 43.1 Å². The van der Waals surface area contributed by atoms with Crippen LogP contribution in [-0.2, 0) is 12.8 Å². The van der Waals surface area contributed by atoms with Crippen molar-refractivity contribution in [3.63, 3.8) is 0 Å². The van der Waals surface area contributed by atoms with Crippen LogP contribution in [0.4, 0.5) is 11.4 Å². The van der Waals surface area contributed by atoms with E-state index in [4.69, 9.17) is 10.5 Å². The van der Waals surface area contributed by atoms with Crippen LogP contribution in [0.3, 0.4) is 0 Å². The van der Waals surface area contributed by atoms with E-state index in [-0.39, 0.29) is 0 Å². The van der Waals surface area contributed by atoms with Crippen molar-refractivity contribution in [2.24, 2.45) is 0 Å². The molecule has 0 saturated heterocycles. The van der Waals surface area contributed by atoms with Gasteiger partial charge < -0.3 is 15.4 Å². The molecule has 0 aromatic heterocycles. The fourth-order valence-electron chi connectivity index (χ4n) is 2.96. The van der Waals surface area contributed by atoms with Gasteiger partial charge in [-0.3, -0.25) is 0 Å². The number of benzene rings is 2. The van der Waals surface area contributed by atoms with Gasteiger partial charge in [-0.05, 0) is 37.0 Å². The van der Waals surface area contributed by atoms with Gasteiger partial charge in [0.2, 0.25) is 0 Å². The van der Waals surface area contributed by atoms with Crippen LogP contribution in [-0.4, -0.2) is 19.7 Å². The summed E-state index contributed by atoms with van der Waals surface area (Å²) >= 11 is 0. The normalized spacial score (nSPS) is 14.4. The summed E-state index contributed by atoms with van der Waals surface area (Å²) in [5, 5.41) is 0. The average Bonchev–Trinajstić information content (AvgIpc) is 2.69. The largest absolute Gasteiger partial charge is 0.494 e. The number of anilines is 2. The molecule has 1 aliphatic heterocycles. The summed E-state index contributed by atoms with van der Waals surface area (Å²) in [6.45, 7) is 4.69. The van der Waals surface area contributed by atoms with Gasteiger partial charge in [-0.15, -0.1) is 0 Å². The van der Waals surface area contributed by atoms with Crippen molar-refractivity contribution in [2.75, 3.05) is 30.3 Å². The van der Waals surface area contributed by atoms with Gasteiger partial charge >= 0.3 is 0 Å². The van der Waals surface area contributed by atoms with Crippen molar-refractivity contribution in [2.45, 2.75) is 19.8 Å². The molecular weight excluding hydrogens is 260 g/mol. The Bertz CT molecular complexity index is 597. The second kappa shape index (κ2) is 6.08. The monoisotopic (exact) mass is 282 g/mol. The smallest absolute Gasteiger partial charge is 0.123 e. The SMILES string of the molecule is CCOc1cc(N)cc(N2CCc3ccccc3CC2)c1. The minimum atomic E-state index is 0.661. The summed E-state index contributed by atoms with van der Waals surface area (Å²) in [6.07, 6.45) is 2.16. The molecule has 110 valence electrons. The fourth-order valence-corrected chi connectivity index (χ4v) is 2.96. The third-order valence-corrected chi connectivity index (χ3v) is 4.01. The van der Waals surface area contributed by atoms with E-state index in [2.05, 4.69) is 35.2 Å². The molecule has 0 spiro atoms. The number of nitrogens with zero attached hydrogens (tertiary/aromatic N) is 1. The third kappa shape index (κ3) is 3.13. The van der Waals surface area contributed by atoms with Crippen LogP contribution in [0.15, 0.2) is 42.5 Å². The first kappa shape index (κ1) is 13.8. The Morgan fingerprint density at radius 3 is 2.33 bits per heavy atom. The summed E-state index contributed by atoms with van der Waals surface area (Å²) in [6, 6.07) is 14.8. The Morgan fingerprint density at radius 2 is 1.71 bits per heavy atom.